The molecule has 0 fully saturated rings. The highest BCUT2D eigenvalue weighted by Crippen LogP contribution is 2.32. The lowest BCUT2D eigenvalue weighted by molar-refractivity contribution is -0.150. The minimum atomic E-state index is -0.857. The molecule has 1 N–H and O–H groups in total. The highest BCUT2D eigenvalue weighted by molar-refractivity contribution is 7.09. The Bertz CT molecular complexity index is 1270. The summed E-state index contributed by atoms with van der Waals surface area (Å²) in [5, 5.41) is 5.80. The zero-order valence-electron chi connectivity index (χ0n) is 20.3. The predicted octanol–water partition coefficient (Wildman–Crippen LogP) is 4.31. The molecule has 0 spiro atoms. The van der Waals surface area contributed by atoms with Crippen LogP contribution >= 0.6 is 11.3 Å². The van der Waals surface area contributed by atoms with Crippen LogP contribution in [0.4, 0.5) is 5.69 Å². The predicted molar refractivity (Wildman–Crippen MR) is 137 cm³/mol. The maximum Gasteiger partial charge on any atom is 0.329 e. The van der Waals surface area contributed by atoms with Gasteiger partial charge < -0.3 is 15.0 Å². The molecule has 4 rings (SSSR count). The Morgan fingerprint density at radius 3 is 2.60 bits per heavy atom. The summed E-state index contributed by atoms with van der Waals surface area (Å²) in [6.07, 6.45) is 0.729. The van der Waals surface area contributed by atoms with Crippen molar-refractivity contribution < 1.29 is 19.1 Å². The van der Waals surface area contributed by atoms with E-state index in [0.717, 1.165) is 39.5 Å². The second-order valence-electron chi connectivity index (χ2n) is 9.01. The molecule has 0 unspecified atom stereocenters. The molecule has 8 heteroatoms. The second-order valence-corrected chi connectivity index (χ2v) is 10.1. The molecule has 7 nitrogen and oxygen atoms in total. The topological polar surface area (TPSA) is 88.6 Å². The lowest BCUT2D eigenvalue weighted by Gasteiger charge is -2.22. The van der Waals surface area contributed by atoms with Crippen LogP contribution in [0.15, 0.2) is 47.8 Å². The molecule has 2 heterocycles. The van der Waals surface area contributed by atoms with Crippen molar-refractivity contribution in [2.45, 2.75) is 40.2 Å². The van der Waals surface area contributed by atoms with Crippen molar-refractivity contribution in [2.75, 3.05) is 18.1 Å². The number of thiazole rings is 1. The van der Waals surface area contributed by atoms with Gasteiger partial charge in [0.2, 0.25) is 0 Å². The van der Waals surface area contributed by atoms with Gasteiger partial charge in [-0.05, 0) is 55.5 Å². The van der Waals surface area contributed by atoms with Gasteiger partial charge in [0.1, 0.15) is 6.04 Å². The van der Waals surface area contributed by atoms with Crippen LogP contribution in [-0.2, 0) is 20.7 Å². The quantitative estimate of drug-likeness (QED) is 0.498. The maximum absolute atomic E-state index is 12.9. The van der Waals surface area contributed by atoms with Crippen LogP contribution < -0.4 is 10.2 Å². The van der Waals surface area contributed by atoms with Crippen LogP contribution in [-0.4, -0.2) is 42.0 Å². The minimum absolute atomic E-state index is 0.203. The molecule has 0 radical (unpaired) electrons. The lowest BCUT2D eigenvalue weighted by atomic mass is 10.0. The van der Waals surface area contributed by atoms with Gasteiger partial charge in [0.15, 0.2) is 6.61 Å². The van der Waals surface area contributed by atoms with Crippen molar-refractivity contribution in [1.29, 1.82) is 0 Å². The number of esters is 1. The van der Waals surface area contributed by atoms with E-state index in [-0.39, 0.29) is 24.3 Å². The van der Waals surface area contributed by atoms with Crippen molar-refractivity contribution in [2.24, 2.45) is 5.92 Å². The van der Waals surface area contributed by atoms with Crippen LogP contribution in [0, 0.1) is 19.8 Å². The van der Waals surface area contributed by atoms with Gasteiger partial charge in [-0.15, -0.1) is 11.3 Å². The Balaban J connectivity index is 1.38. The first-order valence-electron chi connectivity index (χ1n) is 11.6. The number of aryl methyl sites for hydroxylation is 2. The highest BCUT2D eigenvalue weighted by Gasteiger charge is 2.30. The minimum Gasteiger partial charge on any atom is -0.454 e. The standard InChI is InChI=1S/C27H29N3O4S/c1-16(2)25(29-26(32)21-8-6-5-7-17(21)3)27(33)34-14-24(31)30-12-11-20-13-19(9-10-23(20)30)22-15-35-18(4)28-22/h5-10,13,15-16,25H,11-12,14H2,1-4H3,(H,29,32)/t25-/m0/s1. The molecule has 0 aliphatic carbocycles. The third kappa shape index (κ3) is 5.43. The summed E-state index contributed by atoms with van der Waals surface area (Å²) in [5.41, 5.74) is 5.17. The van der Waals surface area contributed by atoms with Crippen molar-refractivity contribution in [3.05, 3.63) is 69.5 Å². The Labute approximate surface area is 209 Å². The third-order valence-corrected chi connectivity index (χ3v) is 6.90. The molecule has 0 saturated heterocycles. The van der Waals surface area contributed by atoms with Crippen molar-refractivity contribution >= 4 is 34.8 Å². The SMILES string of the molecule is Cc1nc(-c2ccc3c(c2)CCN3C(=O)COC(=O)[C@@H](NC(=O)c2ccccc2C)C(C)C)cs1. The Morgan fingerprint density at radius 1 is 1.14 bits per heavy atom. The van der Waals surface area contributed by atoms with E-state index in [9.17, 15) is 14.4 Å². The Kier molecular flexibility index (Phi) is 7.31. The number of ether oxygens (including phenoxy) is 1. The molecule has 0 bridgehead atoms. The van der Waals surface area contributed by atoms with Crippen molar-refractivity contribution in [3.8, 4) is 11.3 Å². The maximum atomic E-state index is 12.9. The molecule has 2 amide bonds. The summed E-state index contributed by atoms with van der Waals surface area (Å²) < 4.78 is 5.36. The Hall–Kier alpha value is -3.52. The van der Waals surface area contributed by atoms with Gasteiger partial charge >= 0.3 is 5.97 Å². The molecule has 1 aliphatic heterocycles. The molecule has 1 atom stereocenters. The number of amides is 2. The van der Waals surface area contributed by atoms with Gasteiger partial charge in [0, 0.05) is 28.7 Å². The number of nitrogens with one attached hydrogen (secondary N) is 1. The van der Waals surface area contributed by atoms with Gasteiger partial charge in [-0.25, -0.2) is 9.78 Å². The fourth-order valence-corrected chi connectivity index (χ4v) is 4.78. The van der Waals surface area contributed by atoms with Gasteiger partial charge in [-0.2, -0.15) is 0 Å². The van der Waals surface area contributed by atoms with Crippen LogP contribution in [0.2, 0.25) is 0 Å². The molecule has 35 heavy (non-hydrogen) atoms. The third-order valence-electron chi connectivity index (χ3n) is 6.13. The number of rotatable bonds is 7. The number of hydrogen-bond donors (Lipinski definition) is 1. The summed E-state index contributed by atoms with van der Waals surface area (Å²) in [6, 6.07) is 12.3. The van der Waals surface area contributed by atoms with Crippen LogP contribution in [0.1, 0.15) is 40.3 Å². The molecule has 2 aromatic carbocycles. The number of nitrogens with zero attached hydrogens (tertiary/aromatic N) is 2. The summed E-state index contributed by atoms with van der Waals surface area (Å²) in [6.45, 7) is 7.61. The van der Waals surface area contributed by atoms with Gasteiger partial charge in [0.25, 0.3) is 11.8 Å². The zero-order valence-corrected chi connectivity index (χ0v) is 21.1. The number of anilines is 1. The first-order chi connectivity index (χ1) is 16.7. The number of carbonyl (C=O) groups is 3. The average Bonchev–Trinajstić information content (AvgIpc) is 3.46. The molecule has 1 aliphatic rings. The number of benzene rings is 2. The largest absolute Gasteiger partial charge is 0.454 e. The lowest BCUT2D eigenvalue weighted by Crippen LogP contribution is -2.46. The fourth-order valence-electron chi connectivity index (χ4n) is 4.16. The molecule has 0 saturated carbocycles. The first kappa shape index (κ1) is 24.6. The monoisotopic (exact) mass is 491 g/mol. The van der Waals surface area contributed by atoms with E-state index in [1.54, 1.807) is 28.4 Å². The normalized spacial score (nSPS) is 13.5. The van der Waals surface area contributed by atoms with Crippen LogP contribution in [0.25, 0.3) is 11.3 Å². The first-order valence-corrected chi connectivity index (χ1v) is 12.5. The number of aromatic nitrogens is 1. The van der Waals surface area contributed by atoms with E-state index < -0.39 is 12.0 Å². The summed E-state index contributed by atoms with van der Waals surface area (Å²) in [7, 11) is 0. The van der Waals surface area contributed by atoms with Crippen molar-refractivity contribution in [1.82, 2.24) is 10.3 Å². The average molecular weight is 492 g/mol. The summed E-state index contributed by atoms with van der Waals surface area (Å²) >= 11 is 1.60. The molecule has 182 valence electrons. The molecular weight excluding hydrogens is 462 g/mol. The van der Waals surface area contributed by atoms with Gasteiger partial charge in [-0.1, -0.05) is 38.1 Å². The smallest absolute Gasteiger partial charge is 0.329 e. The van der Waals surface area contributed by atoms with E-state index >= 15 is 0 Å². The second kappa shape index (κ2) is 10.4. The van der Waals surface area contributed by atoms with E-state index in [2.05, 4.69) is 16.4 Å². The fraction of sp³-hybridized carbons (Fsp3) is 0.333. The van der Waals surface area contributed by atoms with Gasteiger partial charge in [0.05, 0.1) is 10.7 Å². The van der Waals surface area contributed by atoms with Crippen molar-refractivity contribution in [3.63, 3.8) is 0 Å². The van der Waals surface area contributed by atoms with E-state index in [1.807, 2.05) is 57.3 Å². The highest BCUT2D eigenvalue weighted by atomic mass is 32.1. The summed E-state index contributed by atoms with van der Waals surface area (Å²) in [4.78, 5) is 44.6. The molecule has 1 aromatic heterocycles. The van der Waals surface area contributed by atoms with Crippen LogP contribution in [0.5, 0.6) is 0 Å². The van der Waals surface area contributed by atoms with E-state index in [0.29, 0.717) is 12.1 Å². The summed E-state index contributed by atoms with van der Waals surface area (Å²) in [5.74, 6) is -1.46. The molecule has 3 aromatic rings. The van der Waals surface area contributed by atoms with Crippen LogP contribution in [0.3, 0.4) is 0 Å². The van der Waals surface area contributed by atoms with E-state index in [1.165, 1.54) is 0 Å². The van der Waals surface area contributed by atoms with E-state index in [4.69, 9.17) is 4.74 Å². The number of hydrogen-bond acceptors (Lipinski definition) is 6. The number of carbonyl (C=O) groups excluding carboxylic acids is 3. The molecular formula is C27H29N3O4S. The van der Waals surface area contributed by atoms with Gasteiger partial charge in [-0.3, -0.25) is 9.59 Å². The zero-order chi connectivity index (χ0) is 25.1. The number of fused-ring (bicyclic) bond motifs is 1. The Morgan fingerprint density at radius 2 is 1.91 bits per heavy atom.